The van der Waals surface area contributed by atoms with Crippen molar-refractivity contribution in [3.8, 4) is 11.5 Å². The Hall–Kier alpha value is -2.53. The van der Waals surface area contributed by atoms with E-state index in [1.54, 1.807) is 30.2 Å². The predicted octanol–water partition coefficient (Wildman–Crippen LogP) is 2.97. The fourth-order valence-electron chi connectivity index (χ4n) is 2.61. The molecule has 0 aliphatic carbocycles. The third-order valence-corrected chi connectivity index (χ3v) is 3.98. The van der Waals surface area contributed by atoms with Gasteiger partial charge in [-0.25, -0.2) is 0 Å². The number of methoxy groups -OCH3 is 2. The van der Waals surface area contributed by atoms with Gasteiger partial charge >= 0.3 is 0 Å². The molecular weight excluding hydrogens is 318 g/mol. The van der Waals surface area contributed by atoms with Gasteiger partial charge in [0.1, 0.15) is 11.5 Å². The number of aliphatic hydroxyl groups excluding tert-OH is 1. The molecule has 1 atom stereocenters. The van der Waals surface area contributed by atoms with Crippen LogP contribution in [0.5, 0.6) is 11.5 Å². The summed E-state index contributed by atoms with van der Waals surface area (Å²) in [7, 11) is 3.10. The second-order valence-electron chi connectivity index (χ2n) is 6.03. The molecule has 0 fully saturated rings. The van der Waals surface area contributed by atoms with Crippen molar-refractivity contribution in [3.05, 3.63) is 59.7 Å². The van der Waals surface area contributed by atoms with Gasteiger partial charge in [-0.05, 0) is 29.7 Å². The Morgan fingerprint density at radius 3 is 2.44 bits per heavy atom. The van der Waals surface area contributed by atoms with E-state index < -0.39 is 0 Å². The number of ether oxygens (including phenoxy) is 2. The van der Waals surface area contributed by atoms with Gasteiger partial charge < -0.3 is 19.5 Å². The summed E-state index contributed by atoms with van der Waals surface area (Å²) in [5.74, 6) is 0.920. The van der Waals surface area contributed by atoms with Crippen LogP contribution in [0.1, 0.15) is 22.8 Å². The largest absolute Gasteiger partial charge is 0.497 e. The molecule has 0 radical (unpaired) electrons. The molecule has 0 saturated heterocycles. The highest BCUT2D eigenvalue weighted by Gasteiger charge is 2.22. The molecule has 2 rings (SSSR count). The van der Waals surface area contributed by atoms with Crippen molar-refractivity contribution < 1.29 is 19.4 Å². The van der Waals surface area contributed by atoms with Crippen molar-refractivity contribution in [2.75, 3.05) is 27.4 Å². The van der Waals surface area contributed by atoms with Crippen LogP contribution in [0.25, 0.3) is 0 Å². The van der Waals surface area contributed by atoms with Gasteiger partial charge in [0.25, 0.3) is 5.91 Å². The summed E-state index contributed by atoms with van der Waals surface area (Å²) in [4.78, 5) is 14.9. The number of nitrogens with zero attached hydrogens (tertiary/aromatic N) is 1. The second kappa shape index (κ2) is 9.08. The summed E-state index contributed by atoms with van der Waals surface area (Å²) < 4.78 is 10.6. The van der Waals surface area contributed by atoms with Crippen LogP contribution in [0.15, 0.2) is 48.5 Å². The zero-order chi connectivity index (χ0) is 18.2. The molecule has 2 aromatic rings. The zero-order valence-corrected chi connectivity index (χ0v) is 14.9. The molecule has 2 aromatic carbocycles. The Balaban J connectivity index is 2.34. The number of carbonyl (C=O) groups excluding carboxylic acids is 1. The maximum atomic E-state index is 13.2. The van der Waals surface area contributed by atoms with Crippen LogP contribution in [-0.4, -0.2) is 43.3 Å². The molecule has 1 N–H and O–H groups in total. The Morgan fingerprint density at radius 2 is 1.84 bits per heavy atom. The third-order valence-electron chi connectivity index (χ3n) is 3.98. The van der Waals surface area contributed by atoms with E-state index in [4.69, 9.17) is 9.47 Å². The Labute approximate surface area is 148 Å². The third kappa shape index (κ3) is 4.97. The number of aliphatic hydroxyl groups is 1. The summed E-state index contributed by atoms with van der Waals surface area (Å²) in [5.41, 5.74) is 1.48. The van der Waals surface area contributed by atoms with Crippen LogP contribution in [0, 0.1) is 5.92 Å². The number of amides is 1. The van der Waals surface area contributed by atoms with Crippen LogP contribution in [0.2, 0.25) is 0 Å². The van der Waals surface area contributed by atoms with E-state index in [-0.39, 0.29) is 18.4 Å². The summed E-state index contributed by atoms with van der Waals surface area (Å²) in [6.07, 6.45) is 0. The van der Waals surface area contributed by atoms with E-state index in [1.807, 2.05) is 37.3 Å². The summed E-state index contributed by atoms with van der Waals surface area (Å²) in [6.45, 7) is 2.84. The maximum absolute atomic E-state index is 13.2. The van der Waals surface area contributed by atoms with E-state index in [9.17, 15) is 9.90 Å². The molecule has 1 amide bonds. The standard InChI is InChI=1S/C20H25NO4/c1-15(14-22)12-21(13-16-7-5-4-6-8-16)20(23)18-11-17(24-2)9-10-19(18)25-3/h4-11,15,22H,12-14H2,1-3H3. The highest BCUT2D eigenvalue weighted by molar-refractivity contribution is 5.97. The first kappa shape index (κ1) is 18.8. The van der Waals surface area contributed by atoms with E-state index >= 15 is 0 Å². The van der Waals surface area contributed by atoms with Gasteiger partial charge in [-0.15, -0.1) is 0 Å². The highest BCUT2D eigenvalue weighted by atomic mass is 16.5. The highest BCUT2D eigenvalue weighted by Crippen LogP contribution is 2.26. The predicted molar refractivity (Wildman–Crippen MR) is 97.0 cm³/mol. The molecule has 0 spiro atoms. The monoisotopic (exact) mass is 343 g/mol. The summed E-state index contributed by atoms with van der Waals surface area (Å²) in [6, 6.07) is 15.0. The average Bonchev–Trinajstić information content (AvgIpc) is 2.66. The smallest absolute Gasteiger partial charge is 0.258 e. The minimum absolute atomic E-state index is 0.0216. The molecule has 0 bridgehead atoms. The lowest BCUT2D eigenvalue weighted by molar-refractivity contribution is 0.0691. The minimum atomic E-state index is -0.153. The zero-order valence-electron chi connectivity index (χ0n) is 14.9. The molecular formula is C20H25NO4. The van der Waals surface area contributed by atoms with E-state index in [0.717, 1.165) is 5.56 Å². The molecule has 134 valence electrons. The van der Waals surface area contributed by atoms with Gasteiger partial charge in [0, 0.05) is 19.7 Å². The molecule has 0 aliphatic rings. The minimum Gasteiger partial charge on any atom is -0.497 e. The van der Waals surface area contributed by atoms with Crippen molar-refractivity contribution in [1.82, 2.24) is 4.90 Å². The lowest BCUT2D eigenvalue weighted by Gasteiger charge is -2.26. The van der Waals surface area contributed by atoms with Crippen molar-refractivity contribution >= 4 is 5.91 Å². The normalized spacial score (nSPS) is 11.7. The van der Waals surface area contributed by atoms with Gasteiger partial charge in [-0.3, -0.25) is 4.79 Å². The number of benzene rings is 2. The van der Waals surface area contributed by atoms with Crippen molar-refractivity contribution in [1.29, 1.82) is 0 Å². The van der Waals surface area contributed by atoms with E-state index in [2.05, 4.69) is 0 Å². The molecule has 1 unspecified atom stereocenters. The molecule has 25 heavy (non-hydrogen) atoms. The van der Waals surface area contributed by atoms with E-state index in [1.165, 1.54) is 7.11 Å². The lowest BCUT2D eigenvalue weighted by atomic mass is 10.1. The SMILES string of the molecule is COc1ccc(OC)c(C(=O)N(Cc2ccccc2)CC(C)CO)c1. The quantitative estimate of drug-likeness (QED) is 0.800. The second-order valence-corrected chi connectivity index (χ2v) is 6.03. The van der Waals surface area contributed by atoms with Gasteiger partial charge in [0.15, 0.2) is 0 Å². The molecule has 0 aliphatic heterocycles. The summed E-state index contributed by atoms with van der Waals surface area (Å²) >= 11 is 0. The Kier molecular flexibility index (Phi) is 6.83. The first-order chi connectivity index (χ1) is 12.1. The maximum Gasteiger partial charge on any atom is 0.258 e. The molecule has 0 saturated carbocycles. The fraction of sp³-hybridized carbons (Fsp3) is 0.350. The lowest BCUT2D eigenvalue weighted by Crippen LogP contribution is -2.35. The van der Waals surface area contributed by atoms with Crippen LogP contribution in [0.3, 0.4) is 0 Å². The first-order valence-electron chi connectivity index (χ1n) is 8.25. The topological polar surface area (TPSA) is 59.0 Å². The van der Waals surface area contributed by atoms with Crippen LogP contribution in [0.4, 0.5) is 0 Å². The van der Waals surface area contributed by atoms with Gasteiger partial charge in [0.2, 0.25) is 0 Å². The van der Waals surface area contributed by atoms with Crippen molar-refractivity contribution in [2.24, 2.45) is 5.92 Å². The first-order valence-corrected chi connectivity index (χ1v) is 8.25. The van der Waals surface area contributed by atoms with Crippen molar-refractivity contribution in [3.63, 3.8) is 0 Å². The number of hydrogen-bond acceptors (Lipinski definition) is 4. The van der Waals surface area contributed by atoms with Gasteiger partial charge in [-0.1, -0.05) is 37.3 Å². The number of rotatable bonds is 8. The molecule has 5 nitrogen and oxygen atoms in total. The van der Waals surface area contributed by atoms with Gasteiger partial charge in [-0.2, -0.15) is 0 Å². The van der Waals surface area contributed by atoms with E-state index in [0.29, 0.717) is 30.2 Å². The van der Waals surface area contributed by atoms with Crippen LogP contribution >= 0.6 is 0 Å². The number of hydrogen-bond donors (Lipinski definition) is 1. The van der Waals surface area contributed by atoms with Crippen molar-refractivity contribution in [2.45, 2.75) is 13.5 Å². The Bertz CT molecular complexity index is 687. The fourth-order valence-corrected chi connectivity index (χ4v) is 2.61. The summed E-state index contributed by atoms with van der Waals surface area (Å²) in [5, 5.41) is 9.40. The molecule has 5 heteroatoms. The number of carbonyl (C=O) groups is 1. The molecule has 0 aromatic heterocycles. The average molecular weight is 343 g/mol. The molecule has 0 heterocycles. The van der Waals surface area contributed by atoms with Crippen LogP contribution < -0.4 is 9.47 Å². The van der Waals surface area contributed by atoms with Gasteiger partial charge in [0.05, 0.1) is 19.8 Å². The Morgan fingerprint density at radius 1 is 1.12 bits per heavy atom. The van der Waals surface area contributed by atoms with Crippen LogP contribution in [-0.2, 0) is 6.54 Å².